The van der Waals surface area contributed by atoms with Crippen molar-refractivity contribution >= 4 is 17.8 Å². The van der Waals surface area contributed by atoms with E-state index in [4.69, 9.17) is 0 Å². The predicted molar refractivity (Wildman–Crippen MR) is 92.9 cm³/mol. The average Bonchev–Trinajstić information content (AvgIpc) is 3.06. The molecule has 1 aromatic carbocycles. The lowest BCUT2D eigenvalue weighted by Gasteiger charge is -2.14. The Morgan fingerprint density at radius 1 is 1.29 bits per heavy atom. The number of hydrogen-bond acceptors (Lipinski definition) is 3. The van der Waals surface area contributed by atoms with Crippen molar-refractivity contribution in [3.05, 3.63) is 47.7 Å². The highest BCUT2D eigenvalue weighted by atomic mass is 16.2. The number of amides is 3. The van der Waals surface area contributed by atoms with Crippen molar-refractivity contribution in [3.63, 3.8) is 0 Å². The second-order valence-corrected chi connectivity index (χ2v) is 5.51. The van der Waals surface area contributed by atoms with Crippen molar-refractivity contribution in [2.75, 3.05) is 12.4 Å². The van der Waals surface area contributed by atoms with E-state index in [0.29, 0.717) is 17.9 Å². The van der Waals surface area contributed by atoms with E-state index in [2.05, 4.69) is 28.0 Å². The Morgan fingerprint density at radius 3 is 2.79 bits per heavy atom. The molecule has 2 aromatic rings. The third kappa shape index (κ3) is 4.34. The Kier molecular flexibility index (Phi) is 5.95. The monoisotopic (exact) mass is 329 g/mol. The van der Waals surface area contributed by atoms with Crippen molar-refractivity contribution in [1.82, 2.24) is 20.4 Å². The van der Waals surface area contributed by atoms with Gasteiger partial charge in [-0.2, -0.15) is 5.10 Å². The molecule has 3 amide bonds. The molecule has 7 nitrogen and oxygen atoms in total. The molecule has 128 valence electrons. The van der Waals surface area contributed by atoms with Crippen LogP contribution >= 0.6 is 0 Å². The van der Waals surface area contributed by atoms with Crippen LogP contribution in [0.25, 0.3) is 0 Å². The van der Waals surface area contributed by atoms with Crippen LogP contribution in [0, 0.1) is 0 Å². The van der Waals surface area contributed by atoms with Gasteiger partial charge in [-0.15, -0.1) is 0 Å². The molecule has 0 aliphatic heterocycles. The van der Waals surface area contributed by atoms with Crippen LogP contribution in [0.15, 0.2) is 36.5 Å². The molecule has 1 unspecified atom stereocenters. The largest absolute Gasteiger partial charge is 0.355 e. The third-order valence-electron chi connectivity index (χ3n) is 3.79. The highest BCUT2D eigenvalue weighted by Gasteiger charge is 2.11. The minimum Gasteiger partial charge on any atom is -0.355 e. The van der Waals surface area contributed by atoms with Crippen LogP contribution in [0.4, 0.5) is 10.6 Å². The van der Waals surface area contributed by atoms with Crippen molar-refractivity contribution in [3.8, 4) is 0 Å². The van der Waals surface area contributed by atoms with Gasteiger partial charge in [0.15, 0.2) is 0 Å². The summed E-state index contributed by atoms with van der Waals surface area (Å²) in [6.07, 6.45) is 2.58. The summed E-state index contributed by atoms with van der Waals surface area (Å²) in [4.78, 5) is 23.7. The molecule has 0 fully saturated rings. The van der Waals surface area contributed by atoms with Gasteiger partial charge < -0.3 is 10.6 Å². The number of carbonyl (C=O) groups excluding carboxylic acids is 2. The fraction of sp³-hybridized carbons (Fsp3) is 0.353. The van der Waals surface area contributed by atoms with Crippen molar-refractivity contribution in [2.24, 2.45) is 0 Å². The molecule has 1 aromatic heterocycles. The van der Waals surface area contributed by atoms with Gasteiger partial charge >= 0.3 is 6.03 Å². The maximum atomic E-state index is 12.1. The maximum absolute atomic E-state index is 12.1. The molecular weight excluding hydrogens is 306 g/mol. The molecular formula is C17H23N5O2. The van der Waals surface area contributed by atoms with Gasteiger partial charge in [0.05, 0.1) is 12.2 Å². The minimum absolute atomic E-state index is 0.154. The molecule has 3 N–H and O–H groups in total. The van der Waals surface area contributed by atoms with Gasteiger partial charge in [-0.1, -0.05) is 19.1 Å². The topological polar surface area (TPSA) is 88.1 Å². The van der Waals surface area contributed by atoms with Gasteiger partial charge in [0, 0.05) is 25.2 Å². The summed E-state index contributed by atoms with van der Waals surface area (Å²) in [5.74, 6) is 0.500. The van der Waals surface area contributed by atoms with E-state index in [-0.39, 0.29) is 18.0 Å². The first-order valence-corrected chi connectivity index (χ1v) is 7.94. The quantitative estimate of drug-likeness (QED) is 0.761. The molecule has 1 atom stereocenters. The van der Waals surface area contributed by atoms with E-state index in [0.717, 1.165) is 12.0 Å². The van der Waals surface area contributed by atoms with Crippen LogP contribution in [-0.2, 0) is 6.54 Å². The van der Waals surface area contributed by atoms with Crippen molar-refractivity contribution < 1.29 is 9.59 Å². The van der Waals surface area contributed by atoms with Crippen LogP contribution in [0.2, 0.25) is 0 Å². The van der Waals surface area contributed by atoms with Gasteiger partial charge in [-0.3, -0.25) is 10.1 Å². The van der Waals surface area contributed by atoms with E-state index >= 15 is 0 Å². The van der Waals surface area contributed by atoms with E-state index in [9.17, 15) is 9.59 Å². The molecule has 0 saturated carbocycles. The molecule has 0 aliphatic rings. The standard InChI is InChI=1S/C17H23N5O2/c1-4-12(2)22-15(8-9-20-22)21-17(24)19-11-13-6-5-7-14(10-13)16(23)18-3/h5-10,12H,4,11H2,1-3H3,(H,18,23)(H2,19,21,24). The summed E-state index contributed by atoms with van der Waals surface area (Å²) < 4.78 is 1.78. The number of hydrogen-bond donors (Lipinski definition) is 3. The molecule has 7 heteroatoms. The van der Waals surface area contributed by atoms with Gasteiger partial charge in [0.2, 0.25) is 0 Å². The molecule has 0 aliphatic carbocycles. The summed E-state index contributed by atoms with van der Waals surface area (Å²) in [5.41, 5.74) is 1.41. The lowest BCUT2D eigenvalue weighted by Crippen LogP contribution is -2.29. The number of urea groups is 1. The minimum atomic E-state index is -0.314. The summed E-state index contributed by atoms with van der Waals surface area (Å²) in [6, 6.07) is 8.78. The zero-order valence-corrected chi connectivity index (χ0v) is 14.2. The van der Waals surface area contributed by atoms with Gasteiger partial charge in [0.25, 0.3) is 5.91 Å². The Hall–Kier alpha value is -2.83. The molecule has 0 spiro atoms. The first kappa shape index (κ1) is 17.5. The van der Waals surface area contributed by atoms with Gasteiger partial charge in [0.1, 0.15) is 5.82 Å². The lowest BCUT2D eigenvalue weighted by molar-refractivity contribution is 0.0963. The molecule has 24 heavy (non-hydrogen) atoms. The summed E-state index contributed by atoms with van der Waals surface area (Å²) in [6.45, 7) is 4.43. The maximum Gasteiger partial charge on any atom is 0.320 e. The Labute approximate surface area is 141 Å². The van der Waals surface area contributed by atoms with Crippen molar-refractivity contribution in [2.45, 2.75) is 32.9 Å². The van der Waals surface area contributed by atoms with E-state index in [1.54, 1.807) is 42.2 Å². The van der Waals surface area contributed by atoms with E-state index < -0.39 is 0 Å². The van der Waals surface area contributed by atoms with Crippen LogP contribution < -0.4 is 16.0 Å². The van der Waals surface area contributed by atoms with Gasteiger partial charge in [-0.05, 0) is 31.0 Å². The Bertz CT molecular complexity index is 711. The highest BCUT2D eigenvalue weighted by Crippen LogP contribution is 2.16. The summed E-state index contributed by atoms with van der Waals surface area (Å²) >= 11 is 0. The van der Waals surface area contributed by atoms with E-state index in [1.807, 2.05) is 13.0 Å². The zero-order chi connectivity index (χ0) is 17.5. The SMILES string of the molecule is CCC(C)n1nccc1NC(=O)NCc1cccc(C(=O)NC)c1. The van der Waals surface area contributed by atoms with E-state index in [1.165, 1.54) is 0 Å². The second kappa shape index (κ2) is 8.14. The van der Waals surface area contributed by atoms with Crippen LogP contribution in [0.5, 0.6) is 0 Å². The molecule has 0 radical (unpaired) electrons. The Balaban J connectivity index is 1.94. The number of carbonyl (C=O) groups is 2. The fourth-order valence-electron chi connectivity index (χ4n) is 2.25. The molecule has 2 rings (SSSR count). The molecule has 0 saturated heterocycles. The first-order valence-electron chi connectivity index (χ1n) is 7.94. The first-order chi connectivity index (χ1) is 11.5. The number of anilines is 1. The zero-order valence-electron chi connectivity index (χ0n) is 14.2. The van der Waals surface area contributed by atoms with Crippen LogP contribution in [0.1, 0.15) is 42.2 Å². The van der Waals surface area contributed by atoms with Gasteiger partial charge in [-0.25, -0.2) is 9.48 Å². The number of nitrogens with one attached hydrogen (secondary N) is 3. The van der Waals surface area contributed by atoms with Crippen molar-refractivity contribution in [1.29, 1.82) is 0 Å². The average molecular weight is 329 g/mol. The van der Waals surface area contributed by atoms with Crippen LogP contribution in [0.3, 0.4) is 0 Å². The smallest absolute Gasteiger partial charge is 0.320 e. The third-order valence-corrected chi connectivity index (χ3v) is 3.79. The summed E-state index contributed by atoms with van der Waals surface area (Å²) in [5, 5.41) is 12.4. The van der Waals surface area contributed by atoms with Crippen LogP contribution in [-0.4, -0.2) is 28.8 Å². The molecule has 1 heterocycles. The highest BCUT2D eigenvalue weighted by molar-refractivity contribution is 5.94. The summed E-state index contributed by atoms with van der Waals surface area (Å²) in [7, 11) is 1.58. The molecule has 0 bridgehead atoms. The Morgan fingerprint density at radius 2 is 2.08 bits per heavy atom. The predicted octanol–water partition coefficient (Wildman–Crippen LogP) is 2.54. The number of aromatic nitrogens is 2. The normalized spacial score (nSPS) is 11.6. The number of benzene rings is 1. The fourth-order valence-corrected chi connectivity index (χ4v) is 2.25. The second-order valence-electron chi connectivity index (χ2n) is 5.51. The lowest BCUT2D eigenvalue weighted by atomic mass is 10.1. The number of nitrogens with zero attached hydrogens (tertiary/aromatic N) is 2. The number of rotatable bonds is 6.